The van der Waals surface area contributed by atoms with Crippen LogP contribution in [0.2, 0.25) is 0 Å². The van der Waals surface area contributed by atoms with Gasteiger partial charge in [0.2, 0.25) is 0 Å². The smallest absolute Gasteiger partial charge is 0.335 e. The lowest BCUT2D eigenvalue weighted by molar-refractivity contribution is -0.122. The van der Waals surface area contributed by atoms with Crippen LogP contribution in [0.3, 0.4) is 0 Å². The number of hydrogen-bond acceptors (Lipinski definition) is 4. The van der Waals surface area contributed by atoms with Crippen LogP contribution in [-0.2, 0) is 11.8 Å². The minimum Gasteiger partial charge on any atom is -0.478 e. The number of thioether (sulfide) groups is 1. The molecule has 1 aliphatic rings. The highest BCUT2D eigenvalue weighted by Gasteiger charge is 2.32. The van der Waals surface area contributed by atoms with Crippen LogP contribution >= 0.6 is 11.8 Å². The van der Waals surface area contributed by atoms with Gasteiger partial charge in [-0.05, 0) is 55.1 Å². The average Bonchev–Trinajstić information content (AvgIpc) is 3.19. The Hall–Kier alpha value is -3.32. The molecule has 0 atom stereocenters. The molecule has 1 fully saturated rings. The van der Waals surface area contributed by atoms with Crippen molar-refractivity contribution in [3.05, 3.63) is 70.8 Å². The highest BCUT2D eigenvalue weighted by atomic mass is 32.2. The largest absolute Gasteiger partial charge is 0.478 e. The number of carbonyl (C=O) groups is 2. The van der Waals surface area contributed by atoms with Crippen molar-refractivity contribution in [3.8, 4) is 0 Å². The Labute approximate surface area is 172 Å². The highest BCUT2D eigenvalue weighted by Crippen LogP contribution is 2.35. The lowest BCUT2D eigenvalue weighted by Crippen LogP contribution is -2.28. The molecule has 6 nitrogen and oxygen atoms in total. The number of aromatic carboxylic acids is 1. The molecule has 0 spiro atoms. The van der Waals surface area contributed by atoms with E-state index in [9.17, 15) is 9.59 Å². The van der Waals surface area contributed by atoms with Crippen LogP contribution in [0.1, 0.15) is 22.8 Å². The van der Waals surface area contributed by atoms with E-state index >= 15 is 0 Å². The van der Waals surface area contributed by atoms with Crippen LogP contribution < -0.4 is 0 Å². The molecule has 2 heterocycles. The van der Waals surface area contributed by atoms with E-state index < -0.39 is 5.97 Å². The fourth-order valence-electron chi connectivity index (χ4n) is 3.29. The number of amides is 1. The van der Waals surface area contributed by atoms with Gasteiger partial charge in [0.05, 0.1) is 16.2 Å². The number of carboxylic acids is 1. The van der Waals surface area contributed by atoms with Gasteiger partial charge in [0, 0.05) is 36.3 Å². The number of aliphatic imine (C=N–C) groups is 1. The van der Waals surface area contributed by atoms with Gasteiger partial charge in [-0.15, -0.1) is 0 Å². The van der Waals surface area contributed by atoms with E-state index in [-0.39, 0.29) is 11.5 Å². The molecule has 2 aromatic carbocycles. The Balaban J connectivity index is 1.69. The minimum atomic E-state index is -0.981. The Bertz CT molecular complexity index is 1180. The van der Waals surface area contributed by atoms with Gasteiger partial charge in [0.1, 0.15) is 0 Å². The summed E-state index contributed by atoms with van der Waals surface area (Å²) in [6.45, 7) is 2.41. The maximum Gasteiger partial charge on any atom is 0.335 e. The predicted octanol–water partition coefficient (Wildman–Crippen LogP) is 4.50. The predicted molar refractivity (Wildman–Crippen MR) is 116 cm³/mol. The number of carbonyl (C=O) groups excluding carboxylic acids is 1. The molecule has 1 aliphatic heterocycles. The standard InChI is InChI=1S/C22H19N3O3S/c1-3-25-20(26)19(12-15-13-24(2)18-7-5-4-6-17(15)18)29-22(25)23-16-10-8-14(9-11-16)21(27)28/h4-13H,3H2,1-2H3,(H,27,28)/b19-12-,23-22?. The van der Waals surface area contributed by atoms with E-state index in [1.165, 1.54) is 23.9 Å². The third kappa shape index (κ3) is 3.56. The van der Waals surface area contributed by atoms with Gasteiger partial charge >= 0.3 is 5.97 Å². The Kier molecular flexibility index (Phi) is 4.98. The molecule has 0 unspecified atom stereocenters. The Morgan fingerprint density at radius 3 is 2.59 bits per heavy atom. The molecule has 146 valence electrons. The second-order valence-electron chi connectivity index (χ2n) is 6.62. The van der Waals surface area contributed by atoms with Crippen molar-refractivity contribution < 1.29 is 14.7 Å². The first-order valence-corrected chi connectivity index (χ1v) is 9.97. The van der Waals surface area contributed by atoms with Crippen molar-refractivity contribution in [2.45, 2.75) is 6.92 Å². The molecule has 29 heavy (non-hydrogen) atoms. The number of aryl methyl sites for hydroxylation is 1. The zero-order chi connectivity index (χ0) is 20.5. The Morgan fingerprint density at radius 2 is 1.90 bits per heavy atom. The third-order valence-electron chi connectivity index (χ3n) is 4.76. The summed E-state index contributed by atoms with van der Waals surface area (Å²) in [5.41, 5.74) is 2.90. The van der Waals surface area contributed by atoms with Crippen molar-refractivity contribution >= 4 is 51.5 Å². The monoisotopic (exact) mass is 405 g/mol. The van der Waals surface area contributed by atoms with E-state index in [4.69, 9.17) is 5.11 Å². The van der Waals surface area contributed by atoms with E-state index in [0.717, 1.165) is 16.5 Å². The summed E-state index contributed by atoms with van der Waals surface area (Å²) in [5.74, 6) is -1.06. The van der Waals surface area contributed by atoms with Crippen molar-refractivity contribution in [3.63, 3.8) is 0 Å². The molecule has 0 aliphatic carbocycles. The maximum absolute atomic E-state index is 12.9. The van der Waals surface area contributed by atoms with Gasteiger partial charge in [-0.25, -0.2) is 9.79 Å². The zero-order valence-electron chi connectivity index (χ0n) is 16.0. The number of para-hydroxylation sites is 1. The van der Waals surface area contributed by atoms with E-state index in [2.05, 4.69) is 4.99 Å². The fraction of sp³-hybridized carbons (Fsp3) is 0.136. The summed E-state index contributed by atoms with van der Waals surface area (Å²) < 4.78 is 2.04. The summed E-state index contributed by atoms with van der Waals surface area (Å²) in [5, 5.41) is 10.7. The molecule has 1 aromatic heterocycles. The molecule has 3 aromatic rings. The molecule has 0 bridgehead atoms. The average molecular weight is 405 g/mol. The Morgan fingerprint density at radius 1 is 1.17 bits per heavy atom. The molecule has 0 saturated carbocycles. The molecule has 4 rings (SSSR count). The summed E-state index contributed by atoms with van der Waals surface area (Å²) >= 11 is 1.33. The van der Waals surface area contributed by atoms with Gasteiger partial charge in [0.15, 0.2) is 5.17 Å². The van der Waals surface area contributed by atoms with Gasteiger partial charge in [-0.1, -0.05) is 18.2 Å². The summed E-state index contributed by atoms with van der Waals surface area (Å²) in [7, 11) is 1.99. The number of amidine groups is 1. The summed E-state index contributed by atoms with van der Waals surface area (Å²) in [6.07, 6.45) is 3.93. The number of benzene rings is 2. The van der Waals surface area contributed by atoms with Crippen LogP contribution in [0.15, 0.2) is 64.6 Å². The number of hydrogen-bond donors (Lipinski definition) is 1. The lowest BCUT2D eigenvalue weighted by Gasteiger charge is -2.11. The SMILES string of the molecule is CCN1C(=O)/C(=C/c2cn(C)c3ccccc23)SC1=Nc1ccc(C(=O)O)cc1. The van der Waals surface area contributed by atoms with Gasteiger partial charge in [-0.2, -0.15) is 0 Å². The highest BCUT2D eigenvalue weighted by molar-refractivity contribution is 8.18. The third-order valence-corrected chi connectivity index (χ3v) is 5.76. The first-order valence-electron chi connectivity index (χ1n) is 9.15. The molecule has 1 amide bonds. The van der Waals surface area contributed by atoms with Crippen LogP contribution in [0, 0.1) is 0 Å². The second kappa shape index (κ2) is 7.60. The van der Waals surface area contributed by atoms with Gasteiger partial charge in [0.25, 0.3) is 5.91 Å². The first-order chi connectivity index (χ1) is 14.0. The van der Waals surface area contributed by atoms with Gasteiger partial charge in [-0.3, -0.25) is 9.69 Å². The second-order valence-corrected chi connectivity index (χ2v) is 7.63. The van der Waals surface area contributed by atoms with E-state index in [0.29, 0.717) is 22.3 Å². The number of carboxylic acid groups (broad SMARTS) is 1. The minimum absolute atomic E-state index is 0.0775. The van der Waals surface area contributed by atoms with Gasteiger partial charge < -0.3 is 9.67 Å². The lowest BCUT2D eigenvalue weighted by atomic mass is 10.1. The van der Waals surface area contributed by atoms with Crippen LogP contribution in [0.4, 0.5) is 5.69 Å². The molecular weight excluding hydrogens is 386 g/mol. The molecule has 1 N–H and O–H groups in total. The molecular formula is C22H19N3O3S. The summed E-state index contributed by atoms with van der Waals surface area (Å²) in [6, 6.07) is 14.4. The first kappa shape index (κ1) is 19.0. The normalized spacial score (nSPS) is 17.0. The van der Waals surface area contributed by atoms with Crippen LogP contribution in [0.25, 0.3) is 17.0 Å². The topological polar surface area (TPSA) is 74.9 Å². The van der Waals surface area contributed by atoms with Crippen LogP contribution in [-0.4, -0.2) is 38.2 Å². The molecule has 0 radical (unpaired) electrons. The van der Waals surface area contributed by atoms with Crippen molar-refractivity contribution in [2.24, 2.45) is 12.0 Å². The molecule has 1 saturated heterocycles. The van der Waals surface area contributed by atoms with Crippen LogP contribution in [0.5, 0.6) is 0 Å². The quantitative estimate of drug-likeness (QED) is 0.649. The van der Waals surface area contributed by atoms with E-state index in [1.54, 1.807) is 17.0 Å². The number of fused-ring (bicyclic) bond motifs is 1. The van der Waals surface area contributed by atoms with Crippen molar-refractivity contribution in [1.82, 2.24) is 9.47 Å². The fourth-order valence-corrected chi connectivity index (χ4v) is 4.34. The van der Waals surface area contributed by atoms with Crippen molar-refractivity contribution in [1.29, 1.82) is 0 Å². The number of likely N-dealkylation sites (N-methyl/N-ethyl adjacent to an activating group) is 1. The number of nitrogens with zero attached hydrogens (tertiary/aromatic N) is 3. The number of rotatable bonds is 4. The number of aromatic nitrogens is 1. The van der Waals surface area contributed by atoms with E-state index in [1.807, 2.05) is 55.1 Å². The molecule has 7 heteroatoms. The zero-order valence-corrected chi connectivity index (χ0v) is 16.8. The summed E-state index contributed by atoms with van der Waals surface area (Å²) in [4.78, 5) is 30.7. The maximum atomic E-state index is 12.9. The van der Waals surface area contributed by atoms with Crippen molar-refractivity contribution in [2.75, 3.05) is 6.54 Å².